The van der Waals surface area contributed by atoms with E-state index in [1.54, 1.807) is 6.07 Å². The van der Waals surface area contributed by atoms with Gasteiger partial charge in [-0.3, -0.25) is 0 Å². The van der Waals surface area contributed by atoms with Gasteiger partial charge in [0.2, 0.25) is 0 Å². The highest BCUT2D eigenvalue weighted by molar-refractivity contribution is 5.32. The van der Waals surface area contributed by atoms with Gasteiger partial charge in [-0.2, -0.15) is 0 Å². The lowest BCUT2D eigenvalue weighted by atomic mass is 9.77. The maximum Gasteiger partial charge on any atom is 0.168 e. The lowest BCUT2D eigenvalue weighted by Crippen LogP contribution is -2.35. The Morgan fingerprint density at radius 1 is 1.35 bits per heavy atom. The van der Waals surface area contributed by atoms with E-state index in [9.17, 15) is 4.39 Å². The largest absolute Gasteiger partial charge is 0.494 e. The molecule has 1 N–H and O–H groups in total. The smallest absolute Gasteiger partial charge is 0.168 e. The summed E-state index contributed by atoms with van der Waals surface area (Å²) >= 11 is 0. The summed E-state index contributed by atoms with van der Waals surface area (Å²) < 4.78 is 19.5. The van der Waals surface area contributed by atoms with Crippen molar-refractivity contribution in [2.75, 3.05) is 20.2 Å². The van der Waals surface area contributed by atoms with Gasteiger partial charge in [0.15, 0.2) is 11.6 Å². The Hall–Kier alpha value is -1.09. The molecule has 3 rings (SSSR count). The van der Waals surface area contributed by atoms with Gasteiger partial charge in [0.25, 0.3) is 0 Å². The maximum atomic E-state index is 14.4. The fourth-order valence-corrected chi connectivity index (χ4v) is 4.00. The first-order valence-electron chi connectivity index (χ1n) is 7.69. The van der Waals surface area contributed by atoms with Gasteiger partial charge >= 0.3 is 0 Å². The zero-order valence-electron chi connectivity index (χ0n) is 12.4. The summed E-state index contributed by atoms with van der Waals surface area (Å²) in [4.78, 5) is 0. The van der Waals surface area contributed by atoms with Crippen LogP contribution in [0.15, 0.2) is 18.2 Å². The fourth-order valence-electron chi connectivity index (χ4n) is 4.00. The number of hydrogen-bond donors (Lipinski definition) is 1. The summed E-state index contributed by atoms with van der Waals surface area (Å²) in [5.74, 6) is 2.00. The average molecular weight is 277 g/mol. The molecule has 2 aliphatic rings. The SMILES string of the molecule is CCNCC1(Cc2cccc(OC)c2F)CC2CC2C1. The molecule has 2 atom stereocenters. The van der Waals surface area contributed by atoms with Crippen molar-refractivity contribution in [2.24, 2.45) is 17.3 Å². The van der Waals surface area contributed by atoms with Crippen molar-refractivity contribution < 1.29 is 9.13 Å². The minimum absolute atomic E-state index is 0.175. The van der Waals surface area contributed by atoms with Crippen LogP contribution in [-0.4, -0.2) is 20.2 Å². The molecule has 0 spiro atoms. The van der Waals surface area contributed by atoms with E-state index in [0.717, 1.165) is 36.9 Å². The molecule has 0 aromatic heterocycles. The lowest BCUT2D eigenvalue weighted by Gasteiger charge is -2.31. The van der Waals surface area contributed by atoms with Crippen molar-refractivity contribution in [3.8, 4) is 5.75 Å². The Kier molecular flexibility index (Phi) is 3.72. The van der Waals surface area contributed by atoms with Crippen molar-refractivity contribution in [3.05, 3.63) is 29.6 Å². The summed E-state index contributed by atoms with van der Waals surface area (Å²) in [7, 11) is 1.53. The average Bonchev–Trinajstić information content (AvgIpc) is 3.07. The second-order valence-corrected chi connectivity index (χ2v) is 6.55. The summed E-state index contributed by atoms with van der Waals surface area (Å²) in [6, 6.07) is 5.51. The highest BCUT2D eigenvalue weighted by Gasteiger charge is 2.53. The molecule has 2 saturated carbocycles. The number of halogens is 1. The summed E-state index contributed by atoms with van der Waals surface area (Å²) in [6.45, 7) is 4.13. The van der Waals surface area contributed by atoms with Crippen molar-refractivity contribution in [3.63, 3.8) is 0 Å². The first-order valence-corrected chi connectivity index (χ1v) is 7.69. The molecular formula is C17H24FNO. The van der Waals surface area contributed by atoms with Gasteiger partial charge in [0.05, 0.1) is 7.11 Å². The van der Waals surface area contributed by atoms with Crippen LogP contribution in [0.5, 0.6) is 5.75 Å². The molecular weight excluding hydrogens is 253 g/mol. The number of benzene rings is 1. The molecule has 20 heavy (non-hydrogen) atoms. The lowest BCUT2D eigenvalue weighted by molar-refractivity contribution is 0.246. The third-order valence-electron chi connectivity index (χ3n) is 5.04. The van der Waals surface area contributed by atoms with E-state index in [-0.39, 0.29) is 11.2 Å². The topological polar surface area (TPSA) is 21.3 Å². The van der Waals surface area contributed by atoms with E-state index in [4.69, 9.17) is 4.74 Å². The van der Waals surface area contributed by atoms with Crippen molar-refractivity contribution in [1.82, 2.24) is 5.32 Å². The first-order chi connectivity index (χ1) is 9.67. The number of fused-ring (bicyclic) bond motifs is 1. The van der Waals surface area contributed by atoms with Crippen LogP contribution in [0.25, 0.3) is 0 Å². The van der Waals surface area contributed by atoms with Crippen LogP contribution in [0, 0.1) is 23.1 Å². The van der Waals surface area contributed by atoms with E-state index in [2.05, 4.69) is 12.2 Å². The fraction of sp³-hybridized carbons (Fsp3) is 0.647. The minimum atomic E-state index is -0.175. The second-order valence-electron chi connectivity index (χ2n) is 6.55. The normalized spacial score (nSPS) is 31.1. The Morgan fingerprint density at radius 2 is 2.10 bits per heavy atom. The van der Waals surface area contributed by atoms with Gasteiger partial charge in [0, 0.05) is 6.54 Å². The molecule has 1 aromatic rings. The van der Waals surface area contributed by atoms with Crippen LogP contribution < -0.4 is 10.1 Å². The number of methoxy groups -OCH3 is 1. The highest BCUT2D eigenvalue weighted by atomic mass is 19.1. The van der Waals surface area contributed by atoms with E-state index >= 15 is 0 Å². The molecule has 0 aliphatic heterocycles. The van der Waals surface area contributed by atoms with Crippen LogP contribution >= 0.6 is 0 Å². The highest BCUT2D eigenvalue weighted by Crippen LogP contribution is 2.60. The molecule has 2 nitrogen and oxygen atoms in total. The van der Waals surface area contributed by atoms with Gasteiger partial charge in [-0.05, 0) is 61.1 Å². The predicted molar refractivity (Wildman–Crippen MR) is 78.5 cm³/mol. The van der Waals surface area contributed by atoms with Gasteiger partial charge in [-0.15, -0.1) is 0 Å². The maximum absolute atomic E-state index is 14.4. The molecule has 2 aliphatic carbocycles. The summed E-state index contributed by atoms with van der Waals surface area (Å²) in [5, 5.41) is 3.49. The van der Waals surface area contributed by atoms with Crippen LogP contribution in [0.2, 0.25) is 0 Å². The van der Waals surface area contributed by atoms with Crippen LogP contribution in [0.3, 0.4) is 0 Å². The zero-order chi connectivity index (χ0) is 14.2. The minimum Gasteiger partial charge on any atom is -0.494 e. The number of hydrogen-bond acceptors (Lipinski definition) is 2. The van der Waals surface area contributed by atoms with Gasteiger partial charge in [-0.1, -0.05) is 19.1 Å². The Morgan fingerprint density at radius 3 is 2.75 bits per heavy atom. The number of nitrogens with one attached hydrogen (secondary N) is 1. The Bertz CT molecular complexity index is 478. The van der Waals surface area contributed by atoms with Crippen molar-refractivity contribution in [1.29, 1.82) is 0 Å². The first kappa shape index (κ1) is 13.9. The van der Waals surface area contributed by atoms with E-state index in [1.165, 1.54) is 26.4 Å². The molecule has 0 bridgehead atoms. The van der Waals surface area contributed by atoms with Crippen LogP contribution in [-0.2, 0) is 6.42 Å². The predicted octanol–water partition coefficient (Wildman–Crippen LogP) is 3.40. The summed E-state index contributed by atoms with van der Waals surface area (Å²) in [6.07, 6.45) is 4.73. The molecule has 0 saturated heterocycles. The molecule has 2 unspecified atom stereocenters. The summed E-state index contributed by atoms with van der Waals surface area (Å²) in [5.41, 5.74) is 1.06. The molecule has 1 aromatic carbocycles. The third-order valence-corrected chi connectivity index (χ3v) is 5.04. The molecule has 0 amide bonds. The quantitative estimate of drug-likeness (QED) is 0.860. The zero-order valence-corrected chi connectivity index (χ0v) is 12.4. The molecule has 2 fully saturated rings. The van der Waals surface area contributed by atoms with Crippen molar-refractivity contribution >= 4 is 0 Å². The van der Waals surface area contributed by atoms with Crippen LogP contribution in [0.4, 0.5) is 4.39 Å². The standard InChI is InChI=1S/C17H24FNO/c1-3-19-11-17(9-13-7-14(13)10-17)8-12-5-4-6-15(20-2)16(12)18/h4-6,13-14,19H,3,7-11H2,1-2H3. The molecule has 3 heteroatoms. The van der Waals surface area contributed by atoms with E-state index in [1.807, 2.05) is 12.1 Å². The Labute approximate surface area is 120 Å². The molecule has 110 valence electrons. The van der Waals surface area contributed by atoms with Gasteiger partial charge in [0.1, 0.15) is 0 Å². The molecule has 0 heterocycles. The number of rotatable bonds is 6. The van der Waals surface area contributed by atoms with Crippen LogP contribution in [0.1, 0.15) is 31.7 Å². The third kappa shape index (κ3) is 2.56. The Balaban J connectivity index is 1.79. The van der Waals surface area contributed by atoms with E-state index < -0.39 is 0 Å². The number of ether oxygens (including phenoxy) is 1. The monoisotopic (exact) mass is 277 g/mol. The molecule has 0 radical (unpaired) electrons. The second kappa shape index (κ2) is 5.36. The van der Waals surface area contributed by atoms with Gasteiger partial charge in [-0.25, -0.2) is 4.39 Å². The van der Waals surface area contributed by atoms with Crippen molar-refractivity contribution in [2.45, 2.75) is 32.6 Å². The van der Waals surface area contributed by atoms with E-state index in [0.29, 0.717) is 5.75 Å². The van der Waals surface area contributed by atoms with Gasteiger partial charge < -0.3 is 10.1 Å².